The van der Waals surface area contributed by atoms with Gasteiger partial charge in [-0.1, -0.05) is 25.1 Å². The summed E-state index contributed by atoms with van der Waals surface area (Å²) in [4.78, 5) is 18.9. The molecule has 2 aliphatic heterocycles. The summed E-state index contributed by atoms with van der Waals surface area (Å²) in [6.07, 6.45) is 3.15. The minimum absolute atomic E-state index is 0.185. The number of rotatable bonds is 5. The van der Waals surface area contributed by atoms with Crippen LogP contribution in [0.1, 0.15) is 37.8 Å². The van der Waals surface area contributed by atoms with Crippen LogP contribution in [0.25, 0.3) is 0 Å². The molecular formula is C24H30N2O3S. The Hall–Kier alpha value is -2.18. The van der Waals surface area contributed by atoms with E-state index in [4.69, 9.17) is 9.47 Å². The highest BCUT2D eigenvalue weighted by atomic mass is 32.2. The van der Waals surface area contributed by atoms with E-state index in [-0.39, 0.29) is 11.9 Å². The van der Waals surface area contributed by atoms with Crippen LogP contribution in [0.15, 0.2) is 47.4 Å². The Labute approximate surface area is 183 Å². The predicted molar refractivity (Wildman–Crippen MR) is 122 cm³/mol. The second kappa shape index (κ2) is 9.31. The Balaban J connectivity index is 1.53. The van der Waals surface area contributed by atoms with Gasteiger partial charge in [0.05, 0.1) is 26.5 Å². The van der Waals surface area contributed by atoms with Gasteiger partial charge in [-0.15, -0.1) is 11.8 Å². The molecule has 0 N–H and O–H groups in total. The van der Waals surface area contributed by atoms with Gasteiger partial charge < -0.3 is 14.4 Å². The van der Waals surface area contributed by atoms with Crippen LogP contribution in [0.5, 0.6) is 11.5 Å². The first-order valence-electron chi connectivity index (χ1n) is 10.6. The molecule has 160 valence electrons. The molecule has 2 heterocycles. The predicted octanol–water partition coefficient (Wildman–Crippen LogP) is 4.76. The maximum absolute atomic E-state index is 13.4. The summed E-state index contributed by atoms with van der Waals surface area (Å²) in [5.74, 6) is 1.65. The van der Waals surface area contributed by atoms with E-state index < -0.39 is 0 Å². The molecule has 6 heteroatoms. The van der Waals surface area contributed by atoms with E-state index in [1.54, 1.807) is 14.2 Å². The minimum Gasteiger partial charge on any atom is -0.493 e. The van der Waals surface area contributed by atoms with Crippen molar-refractivity contribution in [2.45, 2.75) is 42.4 Å². The van der Waals surface area contributed by atoms with Crippen LogP contribution < -0.4 is 14.4 Å². The lowest BCUT2D eigenvalue weighted by Gasteiger charge is -2.29. The van der Waals surface area contributed by atoms with Gasteiger partial charge >= 0.3 is 0 Å². The fraction of sp³-hybridized carbons (Fsp3) is 0.458. The highest BCUT2D eigenvalue weighted by Crippen LogP contribution is 2.39. The molecule has 4 rings (SSSR count). The van der Waals surface area contributed by atoms with Crippen molar-refractivity contribution in [1.29, 1.82) is 0 Å². The minimum atomic E-state index is 0.185. The quantitative estimate of drug-likeness (QED) is 0.690. The molecule has 0 aliphatic carbocycles. The number of ether oxygens (including phenoxy) is 2. The summed E-state index contributed by atoms with van der Waals surface area (Å²) >= 11 is 1.87. The van der Waals surface area contributed by atoms with E-state index in [1.165, 1.54) is 10.5 Å². The summed E-state index contributed by atoms with van der Waals surface area (Å²) in [5, 5.41) is 0.509. The van der Waals surface area contributed by atoms with Crippen molar-refractivity contribution < 1.29 is 14.3 Å². The van der Waals surface area contributed by atoms with Crippen molar-refractivity contribution in [3.63, 3.8) is 0 Å². The van der Waals surface area contributed by atoms with Gasteiger partial charge in [-0.3, -0.25) is 9.69 Å². The van der Waals surface area contributed by atoms with Crippen molar-refractivity contribution in [3.05, 3.63) is 48.0 Å². The van der Waals surface area contributed by atoms with Crippen molar-refractivity contribution in [2.75, 3.05) is 38.8 Å². The lowest BCUT2D eigenvalue weighted by atomic mass is 10.0. The number of fused-ring (bicyclic) bond motifs is 1. The summed E-state index contributed by atoms with van der Waals surface area (Å²) < 4.78 is 10.9. The zero-order valence-corrected chi connectivity index (χ0v) is 18.8. The average molecular weight is 427 g/mol. The van der Waals surface area contributed by atoms with Gasteiger partial charge in [0.25, 0.3) is 0 Å². The van der Waals surface area contributed by atoms with E-state index in [0.717, 1.165) is 49.5 Å². The number of benzene rings is 2. The van der Waals surface area contributed by atoms with Gasteiger partial charge in [-0.2, -0.15) is 0 Å². The van der Waals surface area contributed by atoms with Crippen LogP contribution in [0.3, 0.4) is 0 Å². The number of nitrogens with zero attached hydrogens (tertiary/aromatic N) is 2. The molecule has 2 aliphatic rings. The standard InChI is InChI=1S/C24H30N2O3S/c1-17-12-14-26(20-7-4-5-9-23(20)30-17)24(27)16-25-13-6-8-19(25)18-10-11-21(28-2)22(15-18)29-3/h4-5,7,9-11,15,17,19H,6,8,12-14,16H2,1-3H3/t17-,19-/m1/s1. The van der Waals surface area contributed by atoms with Crippen molar-refractivity contribution >= 4 is 23.4 Å². The average Bonchev–Trinajstić information content (AvgIpc) is 3.14. The number of para-hydroxylation sites is 1. The first kappa shape index (κ1) is 21.1. The van der Waals surface area contributed by atoms with Gasteiger partial charge in [0, 0.05) is 22.7 Å². The van der Waals surface area contributed by atoms with Crippen LogP contribution >= 0.6 is 11.8 Å². The molecule has 0 radical (unpaired) electrons. The second-order valence-corrected chi connectivity index (χ2v) is 9.45. The Kier molecular flexibility index (Phi) is 6.54. The topological polar surface area (TPSA) is 42.0 Å². The van der Waals surface area contributed by atoms with E-state index in [2.05, 4.69) is 36.1 Å². The highest BCUT2D eigenvalue weighted by molar-refractivity contribution is 8.00. The molecule has 2 aromatic rings. The van der Waals surface area contributed by atoms with Crippen LogP contribution in [0, 0.1) is 0 Å². The van der Waals surface area contributed by atoms with Gasteiger partial charge in [0.1, 0.15) is 0 Å². The number of carbonyl (C=O) groups excluding carboxylic acids is 1. The van der Waals surface area contributed by atoms with E-state index >= 15 is 0 Å². The van der Waals surface area contributed by atoms with Crippen molar-refractivity contribution in [3.8, 4) is 11.5 Å². The maximum Gasteiger partial charge on any atom is 0.241 e. The fourth-order valence-corrected chi connectivity index (χ4v) is 5.57. The molecule has 30 heavy (non-hydrogen) atoms. The van der Waals surface area contributed by atoms with Crippen molar-refractivity contribution in [2.24, 2.45) is 0 Å². The number of hydrogen-bond donors (Lipinski definition) is 0. The lowest BCUT2D eigenvalue weighted by molar-refractivity contribution is -0.120. The molecule has 0 spiro atoms. The number of likely N-dealkylation sites (tertiary alicyclic amines) is 1. The molecule has 0 aromatic heterocycles. The number of amides is 1. The maximum atomic E-state index is 13.4. The van der Waals surface area contributed by atoms with E-state index in [9.17, 15) is 4.79 Å². The van der Waals surface area contributed by atoms with Gasteiger partial charge in [0.15, 0.2) is 11.5 Å². The summed E-state index contributed by atoms with van der Waals surface area (Å²) in [6, 6.07) is 14.6. The van der Waals surface area contributed by atoms with Gasteiger partial charge in [-0.05, 0) is 55.6 Å². The Morgan fingerprint density at radius 3 is 2.67 bits per heavy atom. The Morgan fingerprint density at radius 1 is 1.07 bits per heavy atom. The molecule has 0 saturated carbocycles. The molecule has 2 atom stereocenters. The third kappa shape index (κ3) is 4.30. The number of methoxy groups -OCH3 is 2. The van der Waals surface area contributed by atoms with E-state index in [0.29, 0.717) is 11.8 Å². The molecule has 1 amide bonds. The number of hydrogen-bond acceptors (Lipinski definition) is 5. The normalized spacial score (nSPS) is 21.8. The summed E-state index contributed by atoms with van der Waals surface area (Å²) in [5.41, 5.74) is 2.23. The fourth-order valence-electron chi connectivity index (χ4n) is 4.46. The second-order valence-electron chi connectivity index (χ2n) is 7.97. The van der Waals surface area contributed by atoms with Crippen molar-refractivity contribution in [1.82, 2.24) is 4.90 Å². The first-order chi connectivity index (χ1) is 14.6. The number of carbonyl (C=O) groups is 1. The molecule has 0 bridgehead atoms. The van der Waals surface area contributed by atoms with E-state index in [1.807, 2.05) is 34.9 Å². The number of thioether (sulfide) groups is 1. The van der Waals surface area contributed by atoms with Crippen LogP contribution in [0.2, 0.25) is 0 Å². The molecule has 1 saturated heterocycles. The van der Waals surface area contributed by atoms with Gasteiger partial charge in [0.2, 0.25) is 5.91 Å². The number of anilines is 1. The molecule has 1 fully saturated rings. The van der Waals surface area contributed by atoms with Crippen LogP contribution in [-0.4, -0.2) is 49.9 Å². The monoisotopic (exact) mass is 426 g/mol. The molecule has 0 unspecified atom stereocenters. The Morgan fingerprint density at radius 2 is 1.87 bits per heavy atom. The Bertz CT molecular complexity index is 904. The largest absolute Gasteiger partial charge is 0.493 e. The highest BCUT2D eigenvalue weighted by Gasteiger charge is 2.31. The van der Waals surface area contributed by atoms with Crippen LogP contribution in [0.4, 0.5) is 5.69 Å². The zero-order chi connectivity index (χ0) is 21.1. The van der Waals surface area contributed by atoms with Crippen LogP contribution in [-0.2, 0) is 4.79 Å². The third-order valence-electron chi connectivity index (χ3n) is 6.04. The molecule has 2 aromatic carbocycles. The summed E-state index contributed by atoms with van der Waals surface area (Å²) in [6.45, 7) is 4.39. The molecule has 5 nitrogen and oxygen atoms in total. The lowest BCUT2D eigenvalue weighted by Crippen LogP contribution is -2.41. The zero-order valence-electron chi connectivity index (χ0n) is 18.0. The SMILES string of the molecule is COc1ccc([C@H]2CCCN2CC(=O)N2CC[C@@H](C)Sc3ccccc32)cc1OC. The third-order valence-corrected chi connectivity index (χ3v) is 7.28. The summed E-state index contributed by atoms with van der Waals surface area (Å²) in [7, 11) is 3.31. The van der Waals surface area contributed by atoms with Gasteiger partial charge in [-0.25, -0.2) is 0 Å². The first-order valence-corrected chi connectivity index (χ1v) is 11.5. The molecular weight excluding hydrogens is 396 g/mol. The smallest absolute Gasteiger partial charge is 0.241 e.